The van der Waals surface area contributed by atoms with E-state index in [9.17, 15) is 4.79 Å². The Bertz CT molecular complexity index is 457. The van der Waals surface area contributed by atoms with Gasteiger partial charge in [-0.25, -0.2) is 4.98 Å². The third kappa shape index (κ3) is 2.17. The minimum absolute atomic E-state index is 0.367. The van der Waals surface area contributed by atoms with Crippen molar-refractivity contribution in [3.05, 3.63) is 48.4 Å². The number of para-hydroxylation sites is 1. The Balaban J connectivity index is 2.28. The van der Waals surface area contributed by atoms with E-state index < -0.39 is 0 Å². The molecule has 0 atom stereocenters. The minimum atomic E-state index is 0.367. The maximum atomic E-state index is 10.7. The van der Waals surface area contributed by atoms with Gasteiger partial charge < -0.3 is 4.74 Å². The third-order valence-corrected chi connectivity index (χ3v) is 1.80. The molecule has 1 heterocycles. The fourth-order valence-electron chi connectivity index (χ4n) is 1.12. The predicted octanol–water partition coefficient (Wildman–Crippen LogP) is 2.08. The monoisotopic (exact) mass is 200 g/mol. The van der Waals surface area contributed by atoms with E-state index in [2.05, 4.69) is 9.97 Å². The van der Waals surface area contributed by atoms with E-state index in [0.717, 1.165) is 6.29 Å². The van der Waals surface area contributed by atoms with Crippen LogP contribution in [-0.4, -0.2) is 16.3 Å². The summed E-state index contributed by atoms with van der Waals surface area (Å²) in [6.45, 7) is 0. The Morgan fingerprint density at radius 1 is 1.20 bits per heavy atom. The van der Waals surface area contributed by atoms with Crippen molar-refractivity contribution in [2.24, 2.45) is 0 Å². The molecule has 0 saturated carbocycles. The second-order valence-electron chi connectivity index (χ2n) is 2.80. The second kappa shape index (κ2) is 4.32. The number of aldehydes is 1. The summed E-state index contributed by atoms with van der Waals surface area (Å²) in [6.07, 6.45) is 5.31. The Morgan fingerprint density at radius 3 is 2.80 bits per heavy atom. The fraction of sp³-hybridized carbons (Fsp3) is 0. The highest BCUT2D eigenvalue weighted by atomic mass is 16.5. The summed E-state index contributed by atoms with van der Waals surface area (Å²) in [4.78, 5) is 18.5. The van der Waals surface area contributed by atoms with E-state index in [4.69, 9.17) is 4.74 Å². The number of hydrogen-bond donors (Lipinski definition) is 0. The predicted molar refractivity (Wildman–Crippen MR) is 53.9 cm³/mol. The first-order chi connectivity index (χ1) is 7.40. The first kappa shape index (κ1) is 9.33. The maximum Gasteiger partial charge on any atom is 0.237 e. The highest BCUT2D eigenvalue weighted by Crippen LogP contribution is 2.21. The first-order valence-corrected chi connectivity index (χ1v) is 4.38. The summed E-state index contributed by atoms with van der Waals surface area (Å²) in [5, 5.41) is 0. The summed E-state index contributed by atoms with van der Waals surface area (Å²) in [7, 11) is 0. The molecule has 2 aromatic rings. The number of rotatable bonds is 3. The van der Waals surface area contributed by atoms with Crippen molar-refractivity contribution in [1.29, 1.82) is 0 Å². The van der Waals surface area contributed by atoms with Gasteiger partial charge in [0.15, 0.2) is 6.29 Å². The molecule has 74 valence electrons. The van der Waals surface area contributed by atoms with Crippen LogP contribution in [0.4, 0.5) is 0 Å². The summed E-state index contributed by atoms with van der Waals surface area (Å²) >= 11 is 0. The van der Waals surface area contributed by atoms with E-state index in [1.54, 1.807) is 30.5 Å². The maximum absolute atomic E-state index is 10.7. The number of ether oxygens (including phenoxy) is 1. The van der Waals surface area contributed by atoms with Crippen LogP contribution < -0.4 is 4.74 Å². The molecular weight excluding hydrogens is 192 g/mol. The molecule has 0 radical (unpaired) electrons. The molecule has 4 nitrogen and oxygen atoms in total. The van der Waals surface area contributed by atoms with Gasteiger partial charge >= 0.3 is 0 Å². The molecule has 0 aliphatic rings. The van der Waals surface area contributed by atoms with E-state index in [1.165, 1.54) is 12.4 Å². The van der Waals surface area contributed by atoms with Crippen LogP contribution in [0.25, 0.3) is 0 Å². The molecule has 0 amide bonds. The Morgan fingerprint density at radius 2 is 2.07 bits per heavy atom. The summed E-state index contributed by atoms with van der Waals surface area (Å²) in [5.41, 5.74) is 0.489. The molecule has 0 N–H and O–H groups in total. The molecular formula is C11H8N2O2. The molecule has 15 heavy (non-hydrogen) atoms. The van der Waals surface area contributed by atoms with Gasteiger partial charge in [-0.3, -0.25) is 9.78 Å². The van der Waals surface area contributed by atoms with Crippen LogP contribution in [0.15, 0.2) is 42.9 Å². The lowest BCUT2D eigenvalue weighted by Gasteiger charge is -2.05. The van der Waals surface area contributed by atoms with Crippen molar-refractivity contribution < 1.29 is 9.53 Å². The van der Waals surface area contributed by atoms with Crippen molar-refractivity contribution in [3.63, 3.8) is 0 Å². The van der Waals surface area contributed by atoms with Crippen molar-refractivity contribution in [3.8, 4) is 11.6 Å². The molecule has 0 bridgehead atoms. The van der Waals surface area contributed by atoms with E-state index in [0.29, 0.717) is 17.2 Å². The molecule has 2 rings (SSSR count). The number of nitrogens with zero attached hydrogens (tertiary/aromatic N) is 2. The Hall–Kier alpha value is -2.23. The molecule has 0 saturated heterocycles. The molecule has 4 heteroatoms. The van der Waals surface area contributed by atoms with Gasteiger partial charge in [0, 0.05) is 12.4 Å². The van der Waals surface area contributed by atoms with Crippen LogP contribution in [0, 0.1) is 0 Å². The largest absolute Gasteiger partial charge is 0.437 e. The number of aromatic nitrogens is 2. The van der Waals surface area contributed by atoms with Gasteiger partial charge in [-0.05, 0) is 12.1 Å². The normalized spacial score (nSPS) is 9.60. The molecule has 0 aliphatic carbocycles. The lowest BCUT2D eigenvalue weighted by atomic mass is 10.2. The van der Waals surface area contributed by atoms with Crippen molar-refractivity contribution >= 4 is 6.29 Å². The molecule has 0 spiro atoms. The fourth-order valence-corrected chi connectivity index (χ4v) is 1.12. The van der Waals surface area contributed by atoms with Gasteiger partial charge in [-0.2, -0.15) is 0 Å². The zero-order chi connectivity index (χ0) is 10.5. The quantitative estimate of drug-likeness (QED) is 0.712. The Kier molecular flexibility index (Phi) is 2.69. The van der Waals surface area contributed by atoms with Crippen LogP contribution >= 0.6 is 0 Å². The average molecular weight is 200 g/mol. The SMILES string of the molecule is O=Cc1ccccc1Oc1cnccn1. The number of carbonyl (C=O) groups is 1. The molecule has 0 fully saturated rings. The summed E-state index contributed by atoms with van der Waals surface area (Å²) in [5.74, 6) is 0.847. The molecule has 1 aromatic heterocycles. The highest BCUT2D eigenvalue weighted by molar-refractivity contribution is 5.79. The number of hydrogen-bond acceptors (Lipinski definition) is 4. The lowest BCUT2D eigenvalue weighted by Crippen LogP contribution is -1.92. The minimum Gasteiger partial charge on any atom is -0.437 e. The van der Waals surface area contributed by atoms with Gasteiger partial charge in [0.25, 0.3) is 0 Å². The number of carbonyl (C=O) groups excluding carboxylic acids is 1. The summed E-state index contributed by atoms with van der Waals surface area (Å²) < 4.78 is 5.40. The Labute approximate surface area is 86.6 Å². The van der Waals surface area contributed by atoms with Gasteiger partial charge in [0.05, 0.1) is 11.8 Å². The van der Waals surface area contributed by atoms with Gasteiger partial charge in [0.1, 0.15) is 5.75 Å². The molecule has 1 aromatic carbocycles. The topological polar surface area (TPSA) is 52.1 Å². The van der Waals surface area contributed by atoms with Crippen molar-refractivity contribution in [1.82, 2.24) is 9.97 Å². The lowest BCUT2D eigenvalue weighted by molar-refractivity contribution is 0.112. The zero-order valence-electron chi connectivity index (χ0n) is 7.83. The second-order valence-corrected chi connectivity index (χ2v) is 2.80. The zero-order valence-corrected chi connectivity index (χ0v) is 7.83. The van der Waals surface area contributed by atoms with Crippen LogP contribution in [0.2, 0.25) is 0 Å². The van der Waals surface area contributed by atoms with Crippen LogP contribution in [-0.2, 0) is 0 Å². The first-order valence-electron chi connectivity index (χ1n) is 4.38. The number of benzene rings is 1. The van der Waals surface area contributed by atoms with Gasteiger partial charge in [0.2, 0.25) is 5.88 Å². The van der Waals surface area contributed by atoms with Crippen LogP contribution in [0.3, 0.4) is 0 Å². The molecule has 0 aliphatic heterocycles. The standard InChI is InChI=1S/C11H8N2O2/c14-8-9-3-1-2-4-10(9)15-11-7-12-5-6-13-11/h1-8H. The summed E-state index contributed by atoms with van der Waals surface area (Å²) in [6, 6.07) is 6.95. The van der Waals surface area contributed by atoms with Crippen molar-refractivity contribution in [2.75, 3.05) is 0 Å². The van der Waals surface area contributed by atoms with E-state index in [1.807, 2.05) is 0 Å². The van der Waals surface area contributed by atoms with E-state index >= 15 is 0 Å². The average Bonchev–Trinajstić information content (AvgIpc) is 2.31. The smallest absolute Gasteiger partial charge is 0.237 e. The molecule has 0 unspecified atom stereocenters. The van der Waals surface area contributed by atoms with Crippen LogP contribution in [0.1, 0.15) is 10.4 Å². The van der Waals surface area contributed by atoms with E-state index in [-0.39, 0.29) is 0 Å². The van der Waals surface area contributed by atoms with Gasteiger partial charge in [-0.15, -0.1) is 0 Å². The third-order valence-electron chi connectivity index (χ3n) is 1.80. The van der Waals surface area contributed by atoms with Crippen molar-refractivity contribution in [2.45, 2.75) is 0 Å². The highest BCUT2D eigenvalue weighted by Gasteiger charge is 2.03. The van der Waals surface area contributed by atoms with Crippen LogP contribution in [0.5, 0.6) is 11.6 Å². The van der Waals surface area contributed by atoms with Gasteiger partial charge in [-0.1, -0.05) is 12.1 Å².